The Labute approximate surface area is 174 Å². The molecule has 2 aliphatic rings. The summed E-state index contributed by atoms with van der Waals surface area (Å²) in [5.74, 6) is -1.01. The van der Waals surface area contributed by atoms with Crippen LogP contribution in [-0.2, 0) is 10.9 Å². The lowest BCUT2D eigenvalue weighted by molar-refractivity contribution is -0.140. The molecule has 3 heterocycles. The Morgan fingerprint density at radius 1 is 1.33 bits per heavy atom. The third-order valence-electron chi connectivity index (χ3n) is 5.40. The number of hydrogen-bond donors (Lipinski definition) is 1. The van der Waals surface area contributed by atoms with Gasteiger partial charge in [-0.05, 0) is 39.7 Å². The van der Waals surface area contributed by atoms with Crippen molar-refractivity contribution in [2.75, 3.05) is 6.61 Å². The van der Waals surface area contributed by atoms with Crippen molar-refractivity contribution in [1.29, 1.82) is 0 Å². The van der Waals surface area contributed by atoms with E-state index >= 15 is 0 Å². The summed E-state index contributed by atoms with van der Waals surface area (Å²) in [6.45, 7) is 6.12. The molecule has 1 aromatic carbocycles. The van der Waals surface area contributed by atoms with E-state index in [1.165, 1.54) is 6.07 Å². The number of alkyl halides is 3. The molecule has 0 unspecified atom stereocenters. The van der Waals surface area contributed by atoms with Crippen molar-refractivity contribution in [3.05, 3.63) is 51.1 Å². The van der Waals surface area contributed by atoms with Crippen LogP contribution in [0.2, 0.25) is 0 Å². The maximum Gasteiger partial charge on any atom is 0.419 e. The molecule has 0 bridgehead atoms. The number of nitrogens with zero attached hydrogens (tertiary/aromatic N) is 2. The summed E-state index contributed by atoms with van der Waals surface area (Å²) in [5, 5.41) is 2.41. The summed E-state index contributed by atoms with van der Waals surface area (Å²) in [4.78, 5) is 17.3. The van der Waals surface area contributed by atoms with Gasteiger partial charge in [0.05, 0.1) is 33.1 Å². The monoisotopic (exact) mass is 443 g/mol. The number of halogens is 4. The fraction of sp³-hybridized carbons (Fsp3) is 0.500. The van der Waals surface area contributed by atoms with E-state index in [0.29, 0.717) is 36.4 Å². The fourth-order valence-electron chi connectivity index (χ4n) is 4.08. The van der Waals surface area contributed by atoms with E-state index in [4.69, 9.17) is 4.74 Å². The van der Waals surface area contributed by atoms with Gasteiger partial charge in [0.2, 0.25) is 0 Å². The molecule has 0 spiro atoms. The normalized spacial score (nSPS) is 23.8. The number of nitrogens with one attached hydrogen (secondary N) is 1. The second kappa shape index (κ2) is 7.26. The molecule has 2 atom stereocenters. The molecule has 30 heavy (non-hydrogen) atoms. The highest BCUT2D eigenvalue weighted by atomic mass is 32.2. The Kier molecular flexibility index (Phi) is 5.13. The van der Waals surface area contributed by atoms with Crippen LogP contribution in [0.1, 0.15) is 61.6 Å². The van der Waals surface area contributed by atoms with Crippen LogP contribution in [0.4, 0.5) is 23.4 Å². The first-order chi connectivity index (χ1) is 14.0. The molecule has 0 amide bonds. The van der Waals surface area contributed by atoms with Gasteiger partial charge < -0.3 is 4.74 Å². The van der Waals surface area contributed by atoms with Crippen LogP contribution in [-0.4, -0.2) is 27.0 Å². The van der Waals surface area contributed by atoms with E-state index in [1.807, 2.05) is 13.8 Å². The smallest absolute Gasteiger partial charge is 0.375 e. The van der Waals surface area contributed by atoms with Crippen molar-refractivity contribution in [3.63, 3.8) is 0 Å². The van der Waals surface area contributed by atoms with Crippen molar-refractivity contribution < 1.29 is 22.3 Å². The zero-order valence-electron chi connectivity index (χ0n) is 16.6. The van der Waals surface area contributed by atoms with Crippen LogP contribution >= 0.6 is 11.8 Å². The highest BCUT2D eigenvalue weighted by Crippen LogP contribution is 2.47. The minimum Gasteiger partial charge on any atom is -0.375 e. The van der Waals surface area contributed by atoms with E-state index in [-0.39, 0.29) is 22.8 Å². The molecule has 1 saturated heterocycles. The van der Waals surface area contributed by atoms with Gasteiger partial charge in [-0.1, -0.05) is 23.9 Å². The average molecular weight is 443 g/mol. The lowest BCUT2D eigenvalue weighted by atomic mass is 9.94. The fourth-order valence-corrected chi connectivity index (χ4v) is 5.20. The number of aliphatic imine (C=N–C) groups is 1. The number of aromatic nitrogens is 2. The van der Waals surface area contributed by atoms with Gasteiger partial charge in [0.1, 0.15) is 5.82 Å². The second-order valence-electron chi connectivity index (χ2n) is 8.14. The Hall–Kier alpha value is -2.07. The Morgan fingerprint density at radius 3 is 2.73 bits per heavy atom. The molecule has 1 aromatic heterocycles. The topological polar surface area (TPSA) is 59.4 Å². The molecule has 2 aliphatic heterocycles. The van der Waals surface area contributed by atoms with Crippen molar-refractivity contribution >= 4 is 22.6 Å². The number of hydrogen-bond acceptors (Lipinski definition) is 4. The first kappa shape index (κ1) is 21.2. The van der Waals surface area contributed by atoms with Gasteiger partial charge in [-0.25, -0.2) is 9.38 Å². The third kappa shape index (κ3) is 3.71. The predicted molar refractivity (Wildman–Crippen MR) is 107 cm³/mol. The Morgan fingerprint density at radius 2 is 2.07 bits per heavy atom. The molecule has 0 saturated carbocycles. The maximum atomic E-state index is 14.9. The predicted octanol–water partition coefficient (Wildman–Crippen LogP) is 5.35. The summed E-state index contributed by atoms with van der Waals surface area (Å²) in [6, 6.07) is 3.07. The molecule has 10 heteroatoms. The Bertz CT molecular complexity index is 1070. The molecule has 0 radical (unpaired) electrons. The number of H-pyrrole nitrogens is 1. The minimum atomic E-state index is -4.82. The first-order valence-corrected chi connectivity index (χ1v) is 10.4. The molecule has 4 rings (SSSR count). The molecule has 162 valence electrons. The average Bonchev–Trinajstić information content (AvgIpc) is 2.96. The Balaban J connectivity index is 1.83. The quantitative estimate of drug-likeness (QED) is 0.637. The lowest BCUT2D eigenvalue weighted by Crippen LogP contribution is -2.35. The van der Waals surface area contributed by atoms with E-state index in [0.717, 1.165) is 17.8 Å². The van der Waals surface area contributed by atoms with E-state index in [1.54, 1.807) is 11.6 Å². The first-order valence-electron chi connectivity index (χ1n) is 9.54. The number of ether oxygens (including phenoxy) is 1. The molecule has 5 nitrogen and oxygen atoms in total. The van der Waals surface area contributed by atoms with Crippen LogP contribution in [0.5, 0.6) is 0 Å². The summed E-state index contributed by atoms with van der Waals surface area (Å²) in [6.07, 6.45) is -3.53. The summed E-state index contributed by atoms with van der Waals surface area (Å²) in [5.41, 5.74) is -2.20. The van der Waals surface area contributed by atoms with Gasteiger partial charge in [-0.3, -0.25) is 14.6 Å². The zero-order chi connectivity index (χ0) is 21.8. The van der Waals surface area contributed by atoms with Crippen molar-refractivity contribution in [3.8, 4) is 0 Å². The lowest BCUT2D eigenvalue weighted by Gasteiger charge is -2.36. The van der Waals surface area contributed by atoms with Gasteiger partial charge in [0, 0.05) is 12.2 Å². The highest BCUT2D eigenvalue weighted by molar-refractivity contribution is 8.14. The van der Waals surface area contributed by atoms with Crippen molar-refractivity contribution in [2.45, 2.75) is 56.7 Å². The molecule has 0 aliphatic carbocycles. The zero-order valence-corrected chi connectivity index (χ0v) is 17.5. The van der Waals surface area contributed by atoms with Crippen LogP contribution < -0.4 is 5.56 Å². The van der Waals surface area contributed by atoms with Gasteiger partial charge in [-0.2, -0.15) is 13.2 Å². The van der Waals surface area contributed by atoms with Crippen LogP contribution in [0, 0.1) is 5.82 Å². The molecule has 1 N–H and O–H groups in total. The molecular formula is C20H21F4N3O2S. The number of thioether (sulfide) groups is 1. The second-order valence-corrected chi connectivity index (χ2v) is 9.44. The minimum absolute atomic E-state index is 0.0862. The maximum absolute atomic E-state index is 14.9. The van der Waals surface area contributed by atoms with Crippen LogP contribution in [0.25, 0.3) is 0 Å². The number of benzene rings is 1. The van der Waals surface area contributed by atoms with Gasteiger partial charge in [0.25, 0.3) is 5.56 Å². The third-order valence-corrected chi connectivity index (χ3v) is 6.56. The molecule has 2 aromatic rings. The summed E-state index contributed by atoms with van der Waals surface area (Å²) < 4.78 is 61.9. The highest BCUT2D eigenvalue weighted by Gasteiger charge is 2.39. The van der Waals surface area contributed by atoms with Gasteiger partial charge in [-0.15, -0.1) is 0 Å². The van der Waals surface area contributed by atoms with Gasteiger partial charge in [0.15, 0.2) is 5.82 Å². The van der Waals surface area contributed by atoms with Gasteiger partial charge >= 0.3 is 6.18 Å². The summed E-state index contributed by atoms with van der Waals surface area (Å²) >= 11 is 1.07. The van der Waals surface area contributed by atoms with E-state index in [9.17, 15) is 22.4 Å². The van der Waals surface area contributed by atoms with Crippen molar-refractivity contribution in [2.24, 2.45) is 4.99 Å². The summed E-state index contributed by atoms with van der Waals surface area (Å²) in [7, 11) is 0. The largest absolute Gasteiger partial charge is 0.419 e. The number of rotatable bonds is 2. The van der Waals surface area contributed by atoms with Crippen LogP contribution in [0.3, 0.4) is 0 Å². The van der Waals surface area contributed by atoms with Crippen molar-refractivity contribution in [1.82, 2.24) is 9.78 Å². The SMILES string of the molecule is CC1=Nc2c(c(=O)[nH]n2[C@H]2CCOC(C)(C)C2)[C@@H](c2cccc(C(F)(F)F)c2F)S1. The van der Waals surface area contributed by atoms with E-state index < -0.39 is 28.4 Å². The van der Waals surface area contributed by atoms with Crippen LogP contribution in [0.15, 0.2) is 28.0 Å². The standard InChI is InChI=1S/C20H21F4N3O2S/c1-10-25-17-14(18(28)26-27(17)11-7-8-29-19(2,3)9-11)16(30-10)12-5-4-6-13(15(12)21)20(22,23)24/h4-6,11,16H,7-9H2,1-3H3,(H,26,28)/t11-,16+/m0/s1. The molecule has 1 fully saturated rings. The number of fused-ring (bicyclic) bond motifs is 1. The van der Waals surface area contributed by atoms with E-state index in [2.05, 4.69) is 10.1 Å². The molecular weight excluding hydrogens is 422 g/mol. The number of aromatic amines is 1.